The number of aromatic nitrogens is 2. The number of fused-ring (bicyclic) bond motifs is 3. The van der Waals surface area contributed by atoms with Crippen LogP contribution >= 0.6 is 0 Å². The maximum absolute atomic E-state index is 12.6. The van der Waals surface area contributed by atoms with Crippen molar-refractivity contribution in [1.29, 1.82) is 0 Å². The molecular weight excluding hydrogens is 336 g/mol. The minimum Gasteiger partial charge on any atom is -0.448 e. The first-order chi connectivity index (χ1) is 12.5. The molecule has 2 aromatic heterocycles. The van der Waals surface area contributed by atoms with Crippen LogP contribution in [0.15, 0.2) is 39.8 Å². The van der Waals surface area contributed by atoms with Crippen molar-refractivity contribution in [2.45, 2.75) is 32.9 Å². The van der Waals surface area contributed by atoms with Crippen LogP contribution in [-0.4, -0.2) is 34.0 Å². The first-order valence-electron chi connectivity index (χ1n) is 8.45. The van der Waals surface area contributed by atoms with Gasteiger partial charge in [0.1, 0.15) is 23.7 Å². The van der Waals surface area contributed by atoms with Gasteiger partial charge in [0.05, 0.1) is 6.33 Å². The molecule has 0 aliphatic carbocycles. The maximum atomic E-state index is 12.6. The predicted octanol–water partition coefficient (Wildman–Crippen LogP) is 1.17. The van der Waals surface area contributed by atoms with E-state index >= 15 is 0 Å². The molecule has 0 unspecified atom stereocenters. The van der Waals surface area contributed by atoms with E-state index in [1.54, 1.807) is 13.0 Å². The van der Waals surface area contributed by atoms with Crippen LogP contribution in [0, 0.1) is 0 Å². The summed E-state index contributed by atoms with van der Waals surface area (Å²) in [5.41, 5.74) is 0.699. The Balaban J connectivity index is 1.77. The van der Waals surface area contributed by atoms with Crippen LogP contribution in [0.3, 0.4) is 0 Å². The molecule has 3 aromatic rings. The monoisotopic (exact) mass is 356 g/mol. The highest BCUT2D eigenvalue weighted by Gasteiger charge is 2.17. The number of carbonyl (C=O) groups excluding carboxylic acids is 2. The van der Waals surface area contributed by atoms with E-state index in [2.05, 4.69) is 15.6 Å². The van der Waals surface area contributed by atoms with Crippen molar-refractivity contribution in [2.24, 2.45) is 0 Å². The van der Waals surface area contributed by atoms with E-state index in [1.165, 1.54) is 6.33 Å². The molecule has 0 fully saturated rings. The quantitative estimate of drug-likeness (QED) is 0.690. The Bertz CT molecular complexity index is 1020. The Kier molecular flexibility index (Phi) is 5.01. The van der Waals surface area contributed by atoms with Gasteiger partial charge in [0.2, 0.25) is 17.4 Å². The molecule has 0 spiro atoms. The zero-order valence-corrected chi connectivity index (χ0v) is 14.6. The van der Waals surface area contributed by atoms with Crippen LogP contribution in [0.25, 0.3) is 22.1 Å². The number of carbonyl (C=O) groups is 2. The van der Waals surface area contributed by atoms with E-state index in [1.807, 2.05) is 25.1 Å². The largest absolute Gasteiger partial charge is 0.448 e. The molecule has 2 amide bonds. The van der Waals surface area contributed by atoms with E-state index < -0.39 is 17.5 Å². The molecule has 2 N–H and O–H groups in total. The molecule has 3 rings (SSSR count). The highest BCUT2D eigenvalue weighted by molar-refractivity contribution is 6.01. The zero-order chi connectivity index (χ0) is 18.7. The fraction of sp³-hybridized carbons (Fsp3) is 0.333. The van der Waals surface area contributed by atoms with Crippen molar-refractivity contribution in [3.63, 3.8) is 0 Å². The second-order valence-corrected chi connectivity index (χ2v) is 6.03. The summed E-state index contributed by atoms with van der Waals surface area (Å²) < 4.78 is 6.74. The normalized spacial score (nSPS) is 12.2. The fourth-order valence-electron chi connectivity index (χ4n) is 2.64. The molecule has 26 heavy (non-hydrogen) atoms. The van der Waals surface area contributed by atoms with Gasteiger partial charge in [-0.2, -0.15) is 0 Å². The molecule has 8 heteroatoms. The lowest BCUT2D eigenvalue weighted by Gasteiger charge is -2.14. The number of nitrogens with one attached hydrogen (secondary N) is 2. The highest BCUT2D eigenvalue weighted by Crippen LogP contribution is 2.23. The van der Waals surface area contributed by atoms with Crippen LogP contribution in [-0.2, 0) is 16.1 Å². The standard InChI is InChI=1S/C18H20N4O4/c1-3-8-19-17(24)11(2)21-14(23)9-22-10-20-15-12-6-4-5-7-13(12)26-16(15)18(22)25/h4-7,10-11H,3,8-9H2,1-2H3,(H,19,24)(H,21,23)/t11-/m0/s1. The van der Waals surface area contributed by atoms with Gasteiger partial charge < -0.3 is 15.1 Å². The number of hydrogen-bond donors (Lipinski definition) is 2. The van der Waals surface area contributed by atoms with E-state index in [4.69, 9.17) is 4.42 Å². The van der Waals surface area contributed by atoms with Crippen molar-refractivity contribution in [3.8, 4) is 0 Å². The lowest BCUT2D eigenvalue weighted by Crippen LogP contribution is -2.46. The summed E-state index contributed by atoms with van der Waals surface area (Å²) in [7, 11) is 0. The summed E-state index contributed by atoms with van der Waals surface area (Å²) in [6.45, 7) is 3.83. The van der Waals surface area contributed by atoms with Crippen molar-refractivity contribution < 1.29 is 14.0 Å². The van der Waals surface area contributed by atoms with Gasteiger partial charge in [-0.15, -0.1) is 0 Å². The van der Waals surface area contributed by atoms with E-state index in [0.717, 1.165) is 16.4 Å². The third kappa shape index (κ3) is 3.44. The molecule has 0 bridgehead atoms. The number of para-hydroxylation sites is 1. The Morgan fingerprint density at radius 3 is 2.85 bits per heavy atom. The van der Waals surface area contributed by atoms with Gasteiger partial charge >= 0.3 is 0 Å². The number of rotatable bonds is 6. The Morgan fingerprint density at radius 2 is 2.08 bits per heavy atom. The first-order valence-corrected chi connectivity index (χ1v) is 8.45. The van der Waals surface area contributed by atoms with Gasteiger partial charge in [0.25, 0.3) is 5.56 Å². The average Bonchev–Trinajstić information content (AvgIpc) is 3.01. The Hall–Kier alpha value is -3.16. The van der Waals surface area contributed by atoms with Gasteiger partial charge in [0, 0.05) is 11.9 Å². The molecule has 0 radical (unpaired) electrons. The van der Waals surface area contributed by atoms with Crippen LogP contribution in [0.4, 0.5) is 0 Å². The molecular formula is C18H20N4O4. The molecule has 8 nitrogen and oxygen atoms in total. The van der Waals surface area contributed by atoms with Crippen molar-refractivity contribution in [3.05, 3.63) is 40.9 Å². The van der Waals surface area contributed by atoms with Crippen LogP contribution in [0.1, 0.15) is 20.3 Å². The molecule has 0 saturated heterocycles. The third-order valence-corrected chi connectivity index (χ3v) is 3.98. The summed E-state index contributed by atoms with van der Waals surface area (Å²) in [5, 5.41) is 6.02. The number of benzene rings is 1. The summed E-state index contributed by atoms with van der Waals surface area (Å²) in [5.74, 6) is -0.720. The SMILES string of the molecule is CCCNC(=O)[C@H](C)NC(=O)Cn1cnc2c(oc3ccccc32)c1=O. The van der Waals surface area contributed by atoms with Crippen LogP contribution < -0.4 is 16.2 Å². The van der Waals surface area contributed by atoms with Crippen LogP contribution in [0.2, 0.25) is 0 Å². The fourth-order valence-corrected chi connectivity index (χ4v) is 2.64. The molecule has 1 atom stereocenters. The number of hydrogen-bond acceptors (Lipinski definition) is 5. The number of nitrogens with zero attached hydrogens (tertiary/aromatic N) is 2. The van der Waals surface area contributed by atoms with Crippen molar-refractivity contribution >= 4 is 33.9 Å². The van der Waals surface area contributed by atoms with Crippen molar-refractivity contribution in [2.75, 3.05) is 6.54 Å². The molecule has 2 heterocycles. The van der Waals surface area contributed by atoms with Gasteiger partial charge in [0.15, 0.2) is 0 Å². The van der Waals surface area contributed by atoms with Crippen molar-refractivity contribution in [1.82, 2.24) is 20.2 Å². The molecule has 0 saturated carbocycles. The van der Waals surface area contributed by atoms with Gasteiger partial charge in [-0.25, -0.2) is 4.98 Å². The third-order valence-electron chi connectivity index (χ3n) is 3.98. The molecule has 0 aliphatic heterocycles. The smallest absolute Gasteiger partial charge is 0.297 e. The predicted molar refractivity (Wildman–Crippen MR) is 96.7 cm³/mol. The van der Waals surface area contributed by atoms with Gasteiger partial charge in [-0.05, 0) is 25.5 Å². The first kappa shape index (κ1) is 17.7. The Morgan fingerprint density at radius 1 is 1.31 bits per heavy atom. The average molecular weight is 356 g/mol. The summed E-state index contributed by atoms with van der Waals surface area (Å²) in [4.78, 5) is 40.8. The second-order valence-electron chi connectivity index (χ2n) is 6.03. The summed E-state index contributed by atoms with van der Waals surface area (Å²) >= 11 is 0. The van der Waals surface area contributed by atoms with Gasteiger partial charge in [-0.3, -0.25) is 19.0 Å². The molecule has 1 aromatic carbocycles. The second kappa shape index (κ2) is 7.38. The maximum Gasteiger partial charge on any atom is 0.297 e. The van der Waals surface area contributed by atoms with E-state index in [-0.39, 0.29) is 18.0 Å². The highest BCUT2D eigenvalue weighted by atomic mass is 16.3. The Labute approximate surface area is 149 Å². The topological polar surface area (TPSA) is 106 Å². The van der Waals surface area contributed by atoms with E-state index in [0.29, 0.717) is 17.6 Å². The molecule has 136 valence electrons. The minimum atomic E-state index is -0.687. The van der Waals surface area contributed by atoms with Gasteiger partial charge in [-0.1, -0.05) is 19.1 Å². The summed E-state index contributed by atoms with van der Waals surface area (Å²) in [6, 6.07) is 6.53. The molecule has 0 aliphatic rings. The lowest BCUT2D eigenvalue weighted by atomic mass is 10.2. The zero-order valence-electron chi connectivity index (χ0n) is 14.6. The van der Waals surface area contributed by atoms with Crippen LogP contribution in [0.5, 0.6) is 0 Å². The lowest BCUT2D eigenvalue weighted by molar-refractivity contribution is -0.128. The van der Waals surface area contributed by atoms with E-state index in [9.17, 15) is 14.4 Å². The number of furan rings is 1. The number of amides is 2. The summed E-state index contributed by atoms with van der Waals surface area (Å²) in [6.07, 6.45) is 2.12. The minimum absolute atomic E-state index is 0.107.